The molecule has 0 atom stereocenters. The van der Waals surface area contributed by atoms with Gasteiger partial charge < -0.3 is 9.30 Å². The lowest BCUT2D eigenvalue weighted by Crippen LogP contribution is -2.09. The lowest BCUT2D eigenvalue weighted by atomic mass is 10.2. The Bertz CT molecular complexity index is 1050. The van der Waals surface area contributed by atoms with Crippen molar-refractivity contribution in [3.63, 3.8) is 0 Å². The predicted octanol–water partition coefficient (Wildman–Crippen LogP) is 5.94. The van der Waals surface area contributed by atoms with E-state index >= 15 is 0 Å². The summed E-state index contributed by atoms with van der Waals surface area (Å²) in [6.07, 6.45) is 4.08. The SMILES string of the molecule is Clc1ccc(/C=C/c2nc3ccccc3n2CCOc2ccccc2)cc1. The van der Waals surface area contributed by atoms with Crippen LogP contribution in [0.5, 0.6) is 5.75 Å². The van der Waals surface area contributed by atoms with Crippen molar-refractivity contribution in [2.75, 3.05) is 6.61 Å². The van der Waals surface area contributed by atoms with Crippen molar-refractivity contribution in [1.82, 2.24) is 9.55 Å². The summed E-state index contributed by atoms with van der Waals surface area (Å²) in [5, 5.41) is 0.734. The molecule has 134 valence electrons. The van der Waals surface area contributed by atoms with E-state index in [0.29, 0.717) is 6.61 Å². The maximum Gasteiger partial charge on any atom is 0.133 e. The Kier molecular flexibility index (Phi) is 5.22. The van der Waals surface area contributed by atoms with Gasteiger partial charge in [0.2, 0.25) is 0 Å². The topological polar surface area (TPSA) is 27.1 Å². The zero-order valence-electron chi connectivity index (χ0n) is 14.8. The normalized spacial score (nSPS) is 11.3. The third-order valence-electron chi connectivity index (χ3n) is 4.31. The van der Waals surface area contributed by atoms with Gasteiger partial charge in [-0.3, -0.25) is 0 Å². The first-order valence-corrected chi connectivity index (χ1v) is 9.24. The number of nitrogens with zero attached hydrogens (tertiary/aromatic N) is 2. The van der Waals surface area contributed by atoms with Crippen LogP contribution in [0.2, 0.25) is 5.02 Å². The van der Waals surface area contributed by atoms with E-state index in [9.17, 15) is 0 Å². The third-order valence-corrected chi connectivity index (χ3v) is 4.56. The molecule has 3 nitrogen and oxygen atoms in total. The van der Waals surface area contributed by atoms with Gasteiger partial charge in [-0.25, -0.2) is 4.98 Å². The maximum atomic E-state index is 5.96. The predicted molar refractivity (Wildman–Crippen MR) is 112 cm³/mol. The second kappa shape index (κ2) is 8.11. The molecule has 0 unspecified atom stereocenters. The van der Waals surface area contributed by atoms with E-state index in [1.165, 1.54) is 0 Å². The van der Waals surface area contributed by atoms with Crippen molar-refractivity contribution in [3.05, 3.63) is 95.3 Å². The molecule has 4 rings (SSSR count). The van der Waals surface area contributed by atoms with Crippen molar-refractivity contribution in [2.24, 2.45) is 0 Å². The minimum absolute atomic E-state index is 0.576. The van der Waals surface area contributed by atoms with Crippen molar-refractivity contribution in [3.8, 4) is 5.75 Å². The zero-order valence-corrected chi connectivity index (χ0v) is 15.5. The number of ether oxygens (including phenoxy) is 1. The Hall–Kier alpha value is -3.04. The van der Waals surface area contributed by atoms with Crippen molar-refractivity contribution >= 4 is 34.8 Å². The molecular formula is C23H19ClN2O. The van der Waals surface area contributed by atoms with Crippen LogP contribution >= 0.6 is 11.6 Å². The fraction of sp³-hybridized carbons (Fsp3) is 0.0870. The summed E-state index contributed by atoms with van der Waals surface area (Å²) < 4.78 is 8.06. The Morgan fingerprint density at radius 2 is 1.59 bits per heavy atom. The van der Waals surface area contributed by atoms with Crippen LogP contribution in [0.4, 0.5) is 0 Å². The summed E-state index contributed by atoms with van der Waals surface area (Å²) in [6.45, 7) is 1.29. The summed E-state index contributed by atoms with van der Waals surface area (Å²) in [5.74, 6) is 1.78. The molecule has 0 radical (unpaired) electrons. The molecule has 0 fully saturated rings. The van der Waals surface area contributed by atoms with E-state index in [4.69, 9.17) is 21.3 Å². The van der Waals surface area contributed by atoms with Crippen molar-refractivity contribution in [2.45, 2.75) is 6.54 Å². The van der Waals surface area contributed by atoms with E-state index in [0.717, 1.165) is 39.7 Å². The van der Waals surface area contributed by atoms with Crippen LogP contribution in [-0.2, 0) is 6.54 Å². The summed E-state index contributed by atoms with van der Waals surface area (Å²) >= 11 is 5.96. The standard InChI is InChI=1S/C23H19ClN2O/c24-19-13-10-18(11-14-19)12-15-23-25-21-8-4-5-9-22(21)26(23)16-17-27-20-6-2-1-3-7-20/h1-15H,16-17H2/b15-12+. The Labute approximate surface area is 163 Å². The number of aromatic nitrogens is 2. The summed E-state index contributed by atoms with van der Waals surface area (Å²) in [4.78, 5) is 4.77. The van der Waals surface area contributed by atoms with Gasteiger partial charge in [-0.1, -0.05) is 60.1 Å². The van der Waals surface area contributed by atoms with E-state index < -0.39 is 0 Å². The molecule has 0 aliphatic carbocycles. The molecule has 0 amide bonds. The highest BCUT2D eigenvalue weighted by Crippen LogP contribution is 2.19. The molecule has 3 aromatic carbocycles. The van der Waals surface area contributed by atoms with Crippen LogP contribution in [0.25, 0.3) is 23.2 Å². The van der Waals surface area contributed by atoms with E-state index in [1.54, 1.807) is 0 Å². The van der Waals surface area contributed by atoms with E-state index in [2.05, 4.69) is 10.6 Å². The van der Waals surface area contributed by atoms with Gasteiger partial charge in [0, 0.05) is 5.02 Å². The first-order chi connectivity index (χ1) is 13.3. The molecule has 0 saturated heterocycles. The number of hydrogen-bond donors (Lipinski definition) is 0. The largest absolute Gasteiger partial charge is 0.492 e. The first kappa shape index (κ1) is 17.4. The number of imidazole rings is 1. The smallest absolute Gasteiger partial charge is 0.133 e. The first-order valence-electron chi connectivity index (χ1n) is 8.86. The number of hydrogen-bond acceptors (Lipinski definition) is 2. The number of fused-ring (bicyclic) bond motifs is 1. The van der Waals surface area contributed by atoms with Gasteiger partial charge in [0.25, 0.3) is 0 Å². The van der Waals surface area contributed by atoms with Crippen LogP contribution in [0.15, 0.2) is 78.9 Å². The fourth-order valence-electron chi connectivity index (χ4n) is 2.97. The number of benzene rings is 3. The average Bonchev–Trinajstić information content (AvgIpc) is 3.06. The van der Waals surface area contributed by atoms with Crippen molar-refractivity contribution in [1.29, 1.82) is 0 Å². The van der Waals surface area contributed by atoms with Gasteiger partial charge in [0.1, 0.15) is 18.2 Å². The van der Waals surface area contributed by atoms with E-state index in [1.807, 2.05) is 84.9 Å². The lowest BCUT2D eigenvalue weighted by Gasteiger charge is -2.09. The molecule has 27 heavy (non-hydrogen) atoms. The zero-order chi connectivity index (χ0) is 18.5. The second-order valence-electron chi connectivity index (χ2n) is 6.16. The molecule has 1 aromatic heterocycles. The molecule has 0 aliphatic rings. The number of para-hydroxylation sites is 3. The molecule has 0 bridgehead atoms. The van der Waals surface area contributed by atoms with Crippen LogP contribution in [0.1, 0.15) is 11.4 Å². The van der Waals surface area contributed by atoms with Gasteiger partial charge >= 0.3 is 0 Å². The molecule has 0 aliphatic heterocycles. The highest BCUT2D eigenvalue weighted by molar-refractivity contribution is 6.30. The monoisotopic (exact) mass is 374 g/mol. The summed E-state index contributed by atoms with van der Waals surface area (Å²) in [7, 11) is 0. The van der Waals surface area contributed by atoms with Crippen molar-refractivity contribution < 1.29 is 4.74 Å². The van der Waals surface area contributed by atoms with Gasteiger partial charge in [-0.2, -0.15) is 0 Å². The van der Waals surface area contributed by atoms with Gasteiger partial charge in [0.05, 0.1) is 17.6 Å². The van der Waals surface area contributed by atoms with Crippen LogP contribution in [-0.4, -0.2) is 16.2 Å². The lowest BCUT2D eigenvalue weighted by molar-refractivity contribution is 0.300. The van der Waals surface area contributed by atoms with Gasteiger partial charge in [-0.15, -0.1) is 0 Å². The van der Waals surface area contributed by atoms with Gasteiger partial charge in [-0.05, 0) is 48.0 Å². The quantitative estimate of drug-likeness (QED) is 0.417. The molecule has 4 heteroatoms. The third kappa shape index (κ3) is 4.21. The fourth-order valence-corrected chi connectivity index (χ4v) is 3.10. The maximum absolute atomic E-state index is 5.96. The number of halogens is 1. The van der Waals surface area contributed by atoms with Crippen LogP contribution in [0, 0.1) is 0 Å². The average molecular weight is 375 g/mol. The highest BCUT2D eigenvalue weighted by Gasteiger charge is 2.08. The van der Waals surface area contributed by atoms with E-state index in [-0.39, 0.29) is 0 Å². The Morgan fingerprint density at radius 1 is 0.852 bits per heavy atom. The molecule has 0 N–H and O–H groups in total. The molecular weight excluding hydrogens is 356 g/mol. The van der Waals surface area contributed by atoms with Gasteiger partial charge in [0.15, 0.2) is 0 Å². The Balaban J connectivity index is 1.58. The summed E-state index contributed by atoms with van der Waals surface area (Å²) in [6, 6.07) is 25.8. The van der Waals surface area contributed by atoms with Crippen LogP contribution in [0.3, 0.4) is 0 Å². The molecule has 1 heterocycles. The molecule has 0 saturated carbocycles. The summed E-state index contributed by atoms with van der Waals surface area (Å²) in [5.41, 5.74) is 3.16. The molecule has 4 aromatic rings. The second-order valence-corrected chi connectivity index (χ2v) is 6.59. The number of rotatable bonds is 6. The highest BCUT2D eigenvalue weighted by atomic mass is 35.5. The minimum Gasteiger partial charge on any atom is -0.492 e. The minimum atomic E-state index is 0.576. The molecule has 0 spiro atoms. The van der Waals surface area contributed by atoms with Crippen LogP contribution < -0.4 is 4.74 Å². The Morgan fingerprint density at radius 3 is 2.41 bits per heavy atom.